The van der Waals surface area contributed by atoms with Crippen LogP contribution in [0.5, 0.6) is 0 Å². The van der Waals surface area contributed by atoms with E-state index in [1.165, 1.54) is 6.42 Å². The fraction of sp³-hybridized carbons (Fsp3) is 0.917. The second-order valence-electron chi connectivity index (χ2n) is 4.64. The summed E-state index contributed by atoms with van der Waals surface area (Å²) in [5.41, 5.74) is 0. The molecule has 2 fully saturated rings. The van der Waals surface area contributed by atoms with E-state index in [1.54, 1.807) is 0 Å². The van der Waals surface area contributed by atoms with Gasteiger partial charge in [-0.3, -0.25) is 4.79 Å². The molecule has 0 saturated carbocycles. The van der Waals surface area contributed by atoms with Crippen molar-refractivity contribution in [3.63, 3.8) is 0 Å². The molecule has 0 N–H and O–H groups in total. The molecule has 2 aliphatic rings. The van der Waals surface area contributed by atoms with Gasteiger partial charge in [-0.05, 0) is 39.0 Å². The smallest absolute Gasteiger partial charge is 0.309 e. The summed E-state index contributed by atoms with van der Waals surface area (Å²) in [5.74, 6) is -0.0424. The number of ether oxygens (including phenoxy) is 3. The second kappa shape index (κ2) is 5.64. The van der Waals surface area contributed by atoms with Crippen LogP contribution in [0.1, 0.15) is 39.0 Å². The van der Waals surface area contributed by atoms with Gasteiger partial charge in [0.1, 0.15) is 0 Å². The lowest BCUT2D eigenvalue weighted by Crippen LogP contribution is -2.23. The fourth-order valence-corrected chi connectivity index (χ4v) is 2.26. The van der Waals surface area contributed by atoms with E-state index in [2.05, 4.69) is 0 Å². The molecular weight excluding hydrogens is 208 g/mol. The molecule has 0 bridgehead atoms. The molecule has 4 nitrogen and oxygen atoms in total. The van der Waals surface area contributed by atoms with E-state index in [4.69, 9.17) is 14.2 Å². The average Bonchev–Trinajstić information content (AvgIpc) is 2.59. The van der Waals surface area contributed by atoms with Gasteiger partial charge >= 0.3 is 5.97 Å². The third-order valence-electron chi connectivity index (χ3n) is 3.18. The van der Waals surface area contributed by atoms with Gasteiger partial charge in [0.15, 0.2) is 6.29 Å². The first-order valence-corrected chi connectivity index (χ1v) is 6.19. The van der Waals surface area contributed by atoms with Crippen LogP contribution >= 0.6 is 0 Å². The highest BCUT2D eigenvalue weighted by atomic mass is 16.7. The molecule has 0 radical (unpaired) electrons. The number of hydrogen-bond donors (Lipinski definition) is 0. The van der Waals surface area contributed by atoms with Crippen molar-refractivity contribution in [1.29, 1.82) is 0 Å². The molecule has 1 unspecified atom stereocenters. The molecule has 0 aromatic carbocycles. The summed E-state index contributed by atoms with van der Waals surface area (Å²) < 4.78 is 16.1. The summed E-state index contributed by atoms with van der Waals surface area (Å²) in [7, 11) is 0. The van der Waals surface area contributed by atoms with Gasteiger partial charge in [0.25, 0.3) is 0 Å². The number of carbonyl (C=O) groups excluding carboxylic acids is 1. The van der Waals surface area contributed by atoms with Crippen molar-refractivity contribution in [2.24, 2.45) is 5.92 Å². The standard InChI is InChI=1S/C12H20O4/c1-9-8-10(12(13)16-9)5-7-15-11-4-2-3-6-14-11/h9-11H,2-8H2,1H3/t9-,10-,11?/m1/s1. The summed E-state index contributed by atoms with van der Waals surface area (Å²) in [6.45, 7) is 3.33. The molecule has 2 heterocycles. The Morgan fingerprint density at radius 2 is 2.31 bits per heavy atom. The number of esters is 1. The molecule has 2 rings (SSSR count). The van der Waals surface area contributed by atoms with Crippen LogP contribution in [0.15, 0.2) is 0 Å². The predicted octanol–water partition coefficient (Wildman–Crippen LogP) is 1.87. The Balaban J connectivity index is 1.62. The monoisotopic (exact) mass is 228 g/mol. The largest absolute Gasteiger partial charge is 0.462 e. The van der Waals surface area contributed by atoms with Crippen LogP contribution in [-0.2, 0) is 19.0 Å². The molecule has 0 spiro atoms. The van der Waals surface area contributed by atoms with Gasteiger partial charge in [0.2, 0.25) is 0 Å². The molecular formula is C12H20O4. The molecule has 4 heteroatoms. The highest BCUT2D eigenvalue weighted by Crippen LogP contribution is 2.24. The Hall–Kier alpha value is -0.610. The topological polar surface area (TPSA) is 44.8 Å². The Bertz CT molecular complexity index is 235. The third-order valence-corrected chi connectivity index (χ3v) is 3.18. The summed E-state index contributed by atoms with van der Waals surface area (Å²) in [6.07, 6.45) is 4.88. The van der Waals surface area contributed by atoms with E-state index in [-0.39, 0.29) is 24.3 Å². The normalized spacial score (nSPS) is 35.1. The van der Waals surface area contributed by atoms with Gasteiger partial charge < -0.3 is 14.2 Å². The lowest BCUT2D eigenvalue weighted by molar-refractivity contribution is -0.165. The highest BCUT2D eigenvalue weighted by molar-refractivity contribution is 5.74. The van der Waals surface area contributed by atoms with Gasteiger partial charge in [-0.2, -0.15) is 0 Å². The first-order valence-electron chi connectivity index (χ1n) is 6.19. The van der Waals surface area contributed by atoms with Crippen molar-refractivity contribution in [2.75, 3.05) is 13.2 Å². The minimum absolute atomic E-state index is 0.0265. The minimum Gasteiger partial charge on any atom is -0.462 e. The maximum atomic E-state index is 11.4. The molecule has 0 aliphatic carbocycles. The van der Waals surface area contributed by atoms with Gasteiger partial charge in [0, 0.05) is 6.61 Å². The van der Waals surface area contributed by atoms with Crippen LogP contribution in [0.3, 0.4) is 0 Å². The van der Waals surface area contributed by atoms with Gasteiger partial charge in [-0.1, -0.05) is 0 Å². The van der Waals surface area contributed by atoms with Crippen molar-refractivity contribution in [1.82, 2.24) is 0 Å². The Labute approximate surface area is 96.2 Å². The number of hydrogen-bond acceptors (Lipinski definition) is 4. The number of rotatable bonds is 4. The zero-order valence-corrected chi connectivity index (χ0v) is 9.81. The quantitative estimate of drug-likeness (QED) is 0.689. The van der Waals surface area contributed by atoms with Gasteiger partial charge in [-0.25, -0.2) is 0 Å². The van der Waals surface area contributed by atoms with Crippen LogP contribution in [0.25, 0.3) is 0 Å². The van der Waals surface area contributed by atoms with Crippen molar-refractivity contribution in [2.45, 2.75) is 51.4 Å². The van der Waals surface area contributed by atoms with Crippen molar-refractivity contribution >= 4 is 5.97 Å². The molecule has 0 amide bonds. The molecule has 92 valence electrons. The maximum absolute atomic E-state index is 11.4. The van der Waals surface area contributed by atoms with E-state index >= 15 is 0 Å². The van der Waals surface area contributed by atoms with Crippen molar-refractivity contribution < 1.29 is 19.0 Å². The molecule has 3 atom stereocenters. The first-order chi connectivity index (χ1) is 7.75. The van der Waals surface area contributed by atoms with Crippen molar-refractivity contribution in [3.05, 3.63) is 0 Å². The predicted molar refractivity (Wildman–Crippen MR) is 57.8 cm³/mol. The highest BCUT2D eigenvalue weighted by Gasteiger charge is 2.31. The summed E-state index contributed by atoms with van der Waals surface area (Å²) in [6, 6.07) is 0. The molecule has 16 heavy (non-hydrogen) atoms. The molecule has 0 aromatic heterocycles. The van der Waals surface area contributed by atoms with Gasteiger partial charge in [0.05, 0.1) is 18.6 Å². The van der Waals surface area contributed by atoms with Crippen LogP contribution < -0.4 is 0 Å². The first kappa shape index (κ1) is 11.9. The van der Waals surface area contributed by atoms with E-state index < -0.39 is 0 Å². The fourth-order valence-electron chi connectivity index (χ4n) is 2.26. The lowest BCUT2D eigenvalue weighted by Gasteiger charge is -2.22. The summed E-state index contributed by atoms with van der Waals surface area (Å²) in [4.78, 5) is 11.4. The Kier molecular flexibility index (Phi) is 4.18. The molecule has 0 aromatic rings. The Morgan fingerprint density at radius 3 is 2.94 bits per heavy atom. The lowest BCUT2D eigenvalue weighted by atomic mass is 10.0. The van der Waals surface area contributed by atoms with Crippen LogP contribution in [0.4, 0.5) is 0 Å². The number of cyclic esters (lactones) is 1. The van der Waals surface area contributed by atoms with Crippen LogP contribution in [0.2, 0.25) is 0 Å². The van der Waals surface area contributed by atoms with E-state index in [9.17, 15) is 4.79 Å². The third kappa shape index (κ3) is 3.19. The number of carbonyl (C=O) groups is 1. The Morgan fingerprint density at radius 1 is 1.44 bits per heavy atom. The van der Waals surface area contributed by atoms with Crippen molar-refractivity contribution in [3.8, 4) is 0 Å². The SMILES string of the molecule is C[C@@H]1C[C@@H](CCOC2CCCCO2)C(=O)O1. The summed E-state index contributed by atoms with van der Waals surface area (Å²) in [5, 5.41) is 0. The molecule has 2 saturated heterocycles. The van der Waals surface area contributed by atoms with E-state index in [0.29, 0.717) is 6.61 Å². The maximum Gasteiger partial charge on any atom is 0.309 e. The zero-order valence-electron chi connectivity index (χ0n) is 9.81. The average molecular weight is 228 g/mol. The van der Waals surface area contributed by atoms with Crippen LogP contribution in [0, 0.1) is 5.92 Å². The molecule has 2 aliphatic heterocycles. The zero-order chi connectivity index (χ0) is 11.4. The van der Waals surface area contributed by atoms with E-state index in [0.717, 1.165) is 32.3 Å². The minimum atomic E-state index is -0.0688. The second-order valence-corrected chi connectivity index (χ2v) is 4.64. The van der Waals surface area contributed by atoms with E-state index in [1.807, 2.05) is 6.92 Å². The summed E-state index contributed by atoms with van der Waals surface area (Å²) >= 11 is 0. The van der Waals surface area contributed by atoms with Crippen LogP contribution in [-0.4, -0.2) is 31.6 Å². The van der Waals surface area contributed by atoms with Gasteiger partial charge in [-0.15, -0.1) is 0 Å².